The Morgan fingerprint density at radius 2 is 2.00 bits per heavy atom. The Balaban J connectivity index is 2.16. The lowest BCUT2D eigenvalue weighted by molar-refractivity contribution is -0.385. The van der Waals surface area contributed by atoms with E-state index in [4.69, 9.17) is 0 Å². The van der Waals surface area contributed by atoms with Crippen molar-refractivity contribution in [2.24, 2.45) is 0 Å². The van der Waals surface area contributed by atoms with Crippen molar-refractivity contribution in [2.45, 2.75) is 35.8 Å². The van der Waals surface area contributed by atoms with E-state index in [9.17, 15) is 14.5 Å². The fourth-order valence-electron chi connectivity index (χ4n) is 1.92. The third-order valence-corrected chi connectivity index (χ3v) is 3.98. The summed E-state index contributed by atoms with van der Waals surface area (Å²) in [7, 11) is 0. The summed E-state index contributed by atoms with van der Waals surface area (Å²) in [4.78, 5) is 10.7. The van der Waals surface area contributed by atoms with Crippen molar-refractivity contribution >= 4 is 17.4 Å². The van der Waals surface area contributed by atoms with Gasteiger partial charge in [0.2, 0.25) is 0 Å². The summed E-state index contributed by atoms with van der Waals surface area (Å²) < 4.78 is 13.1. The normalized spacial score (nSPS) is 16.6. The van der Waals surface area contributed by atoms with Gasteiger partial charge in [-0.15, -0.1) is 11.8 Å². The predicted octanol–water partition coefficient (Wildman–Crippen LogP) is 3.77. The second-order valence-electron chi connectivity index (χ2n) is 3.93. The highest BCUT2D eigenvalue weighted by Gasteiger charge is 2.18. The van der Waals surface area contributed by atoms with Crippen LogP contribution in [0.1, 0.15) is 25.7 Å². The summed E-state index contributed by atoms with van der Waals surface area (Å²) in [5, 5.41) is 11.1. The van der Waals surface area contributed by atoms with Crippen LogP contribution in [0.4, 0.5) is 10.1 Å². The van der Waals surface area contributed by atoms with Gasteiger partial charge in [0.15, 0.2) is 0 Å². The number of nitro groups is 1. The largest absolute Gasteiger partial charge is 0.273 e. The number of thioether (sulfide) groups is 1. The highest BCUT2D eigenvalue weighted by Crippen LogP contribution is 2.36. The molecule has 1 aliphatic carbocycles. The van der Waals surface area contributed by atoms with Crippen molar-refractivity contribution in [3.8, 4) is 0 Å². The van der Waals surface area contributed by atoms with Crippen LogP contribution in [-0.2, 0) is 0 Å². The molecule has 1 aliphatic rings. The van der Waals surface area contributed by atoms with Crippen molar-refractivity contribution in [1.29, 1.82) is 0 Å². The van der Waals surface area contributed by atoms with E-state index in [1.165, 1.54) is 25.0 Å². The van der Waals surface area contributed by atoms with Crippen LogP contribution in [0.25, 0.3) is 0 Å². The van der Waals surface area contributed by atoms with E-state index in [-0.39, 0.29) is 5.69 Å². The standard InChI is InChI=1S/C11H12FNO2S/c12-8-5-9(13(14)15)7-11(6-8)16-10-3-1-2-4-10/h5-7,10H,1-4H2. The zero-order valence-corrected chi connectivity index (χ0v) is 9.50. The van der Waals surface area contributed by atoms with Gasteiger partial charge in [0.05, 0.1) is 11.0 Å². The second-order valence-corrected chi connectivity index (χ2v) is 5.30. The quantitative estimate of drug-likeness (QED) is 0.597. The fourth-order valence-corrected chi connectivity index (χ4v) is 3.24. The molecule has 0 atom stereocenters. The maximum Gasteiger partial charge on any atom is 0.273 e. The van der Waals surface area contributed by atoms with Gasteiger partial charge in [-0.1, -0.05) is 12.8 Å². The van der Waals surface area contributed by atoms with E-state index in [0.29, 0.717) is 10.1 Å². The van der Waals surface area contributed by atoms with Gasteiger partial charge in [-0.25, -0.2) is 4.39 Å². The van der Waals surface area contributed by atoms with E-state index in [0.717, 1.165) is 18.9 Å². The minimum atomic E-state index is -0.554. The monoisotopic (exact) mass is 241 g/mol. The molecule has 86 valence electrons. The van der Waals surface area contributed by atoms with Crippen molar-refractivity contribution in [2.75, 3.05) is 0 Å². The molecule has 0 aromatic heterocycles. The molecule has 1 aromatic rings. The molecule has 0 heterocycles. The minimum Gasteiger partial charge on any atom is -0.258 e. The summed E-state index contributed by atoms with van der Waals surface area (Å²) in [5.74, 6) is -0.533. The van der Waals surface area contributed by atoms with Gasteiger partial charge in [0.25, 0.3) is 5.69 Å². The SMILES string of the molecule is O=[N+]([O-])c1cc(F)cc(SC2CCCC2)c1. The summed E-state index contributed by atoms with van der Waals surface area (Å²) in [5.41, 5.74) is -0.166. The van der Waals surface area contributed by atoms with Gasteiger partial charge >= 0.3 is 0 Å². The average Bonchev–Trinajstić information content (AvgIpc) is 2.69. The van der Waals surface area contributed by atoms with Crippen molar-refractivity contribution in [1.82, 2.24) is 0 Å². The molecule has 16 heavy (non-hydrogen) atoms. The van der Waals surface area contributed by atoms with Gasteiger partial charge in [0.1, 0.15) is 5.82 Å². The van der Waals surface area contributed by atoms with Crippen LogP contribution in [-0.4, -0.2) is 10.2 Å². The second kappa shape index (κ2) is 4.82. The first kappa shape index (κ1) is 11.4. The summed E-state index contributed by atoms with van der Waals surface area (Å²) in [6.07, 6.45) is 4.65. The molecule has 3 nitrogen and oxygen atoms in total. The molecule has 1 fully saturated rings. The molecular weight excluding hydrogens is 229 g/mol. The molecule has 0 radical (unpaired) electrons. The van der Waals surface area contributed by atoms with E-state index in [2.05, 4.69) is 0 Å². The predicted molar refractivity (Wildman–Crippen MR) is 61.2 cm³/mol. The lowest BCUT2D eigenvalue weighted by atomic mass is 10.3. The molecule has 0 spiro atoms. The van der Waals surface area contributed by atoms with Gasteiger partial charge in [-0.05, 0) is 18.9 Å². The van der Waals surface area contributed by atoms with Crippen LogP contribution < -0.4 is 0 Å². The number of hydrogen-bond donors (Lipinski definition) is 0. The number of benzene rings is 1. The lowest BCUT2D eigenvalue weighted by Gasteiger charge is -2.08. The van der Waals surface area contributed by atoms with Crippen LogP contribution in [0.3, 0.4) is 0 Å². The Morgan fingerprint density at radius 1 is 1.31 bits per heavy atom. The zero-order valence-electron chi connectivity index (χ0n) is 8.69. The van der Waals surface area contributed by atoms with E-state index >= 15 is 0 Å². The molecule has 1 aromatic carbocycles. The Hall–Kier alpha value is -1.10. The molecule has 0 bridgehead atoms. The van der Waals surface area contributed by atoms with Crippen molar-refractivity contribution in [3.63, 3.8) is 0 Å². The van der Waals surface area contributed by atoms with Crippen LogP contribution >= 0.6 is 11.8 Å². The van der Waals surface area contributed by atoms with E-state index < -0.39 is 10.7 Å². The molecule has 2 rings (SSSR count). The summed E-state index contributed by atoms with van der Waals surface area (Å²) in [6, 6.07) is 3.78. The highest BCUT2D eigenvalue weighted by molar-refractivity contribution is 8.00. The number of halogens is 1. The minimum absolute atomic E-state index is 0.166. The first-order valence-corrected chi connectivity index (χ1v) is 6.15. The van der Waals surface area contributed by atoms with Crippen LogP contribution in [0.2, 0.25) is 0 Å². The number of non-ortho nitro benzene ring substituents is 1. The number of rotatable bonds is 3. The third-order valence-electron chi connectivity index (χ3n) is 2.67. The van der Waals surface area contributed by atoms with Gasteiger partial charge in [-0.3, -0.25) is 10.1 Å². The maximum absolute atomic E-state index is 13.1. The Morgan fingerprint density at radius 3 is 2.62 bits per heavy atom. The van der Waals surface area contributed by atoms with Crippen molar-refractivity contribution in [3.05, 3.63) is 34.1 Å². The summed E-state index contributed by atoms with van der Waals surface area (Å²) >= 11 is 1.55. The third kappa shape index (κ3) is 2.72. The Kier molecular flexibility index (Phi) is 3.43. The first-order valence-electron chi connectivity index (χ1n) is 5.27. The smallest absolute Gasteiger partial charge is 0.258 e. The Labute approximate surface area is 97.2 Å². The number of nitrogens with zero attached hydrogens (tertiary/aromatic N) is 1. The molecule has 0 saturated heterocycles. The van der Waals surface area contributed by atoms with E-state index in [1.807, 2.05) is 0 Å². The molecule has 5 heteroatoms. The van der Waals surface area contributed by atoms with Gasteiger partial charge in [-0.2, -0.15) is 0 Å². The number of hydrogen-bond acceptors (Lipinski definition) is 3. The first-order chi connectivity index (χ1) is 7.65. The molecule has 0 amide bonds. The van der Waals surface area contributed by atoms with Crippen LogP contribution in [0, 0.1) is 15.9 Å². The zero-order chi connectivity index (χ0) is 11.5. The van der Waals surface area contributed by atoms with Crippen molar-refractivity contribution < 1.29 is 9.31 Å². The lowest BCUT2D eigenvalue weighted by Crippen LogP contribution is -1.95. The Bertz CT molecular complexity index is 405. The fraction of sp³-hybridized carbons (Fsp3) is 0.455. The summed E-state index contributed by atoms with van der Waals surface area (Å²) in [6.45, 7) is 0. The average molecular weight is 241 g/mol. The maximum atomic E-state index is 13.1. The highest BCUT2D eigenvalue weighted by atomic mass is 32.2. The molecule has 0 aliphatic heterocycles. The topological polar surface area (TPSA) is 43.1 Å². The molecule has 1 saturated carbocycles. The molecule has 0 N–H and O–H groups in total. The van der Waals surface area contributed by atoms with Crippen LogP contribution in [0.15, 0.2) is 23.1 Å². The van der Waals surface area contributed by atoms with Gasteiger partial charge < -0.3 is 0 Å². The molecular formula is C11H12FNO2S. The van der Waals surface area contributed by atoms with Crippen LogP contribution in [0.5, 0.6) is 0 Å². The number of nitro benzene ring substituents is 1. The molecule has 0 unspecified atom stereocenters. The van der Waals surface area contributed by atoms with Gasteiger partial charge in [0, 0.05) is 16.2 Å². The van der Waals surface area contributed by atoms with E-state index in [1.54, 1.807) is 11.8 Å².